The first-order valence-corrected chi connectivity index (χ1v) is 8.69. The monoisotopic (exact) mass is 366 g/mol. The SMILES string of the molecule is O=c1c2ccccc2nc(CN2CCOCC2)n1-c1ccc([N+](=O)[O-])cc1. The normalized spacial score (nSPS) is 15.1. The third-order valence-corrected chi connectivity index (χ3v) is 4.63. The zero-order valence-electron chi connectivity index (χ0n) is 14.6. The Morgan fingerprint density at radius 2 is 1.78 bits per heavy atom. The number of morpholine rings is 1. The van der Waals surface area contributed by atoms with Crippen molar-refractivity contribution in [3.8, 4) is 5.69 Å². The molecule has 0 amide bonds. The van der Waals surface area contributed by atoms with E-state index in [0.717, 1.165) is 13.1 Å². The molecule has 0 unspecified atom stereocenters. The van der Waals surface area contributed by atoms with Crippen molar-refractivity contribution in [2.24, 2.45) is 0 Å². The lowest BCUT2D eigenvalue weighted by atomic mass is 10.2. The first kappa shape index (κ1) is 17.3. The van der Waals surface area contributed by atoms with Crippen LogP contribution in [-0.2, 0) is 11.3 Å². The van der Waals surface area contributed by atoms with Gasteiger partial charge in [-0.3, -0.25) is 24.4 Å². The molecule has 138 valence electrons. The highest BCUT2D eigenvalue weighted by molar-refractivity contribution is 5.77. The number of nitro groups is 1. The van der Waals surface area contributed by atoms with Crippen molar-refractivity contribution in [1.82, 2.24) is 14.5 Å². The van der Waals surface area contributed by atoms with Crippen molar-refractivity contribution < 1.29 is 9.66 Å². The van der Waals surface area contributed by atoms with Gasteiger partial charge in [0.1, 0.15) is 5.82 Å². The summed E-state index contributed by atoms with van der Waals surface area (Å²) >= 11 is 0. The van der Waals surface area contributed by atoms with E-state index in [-0.39, 0.29) is 11.2 Å². The molecule has 1 aliphatic heterocycles. The molecule has 8 heteroatoms. The number of para-hydroxylation sites is 1. The maximum atomic E-state index is 13.2. The van der Waals surface area contributed by atoms with E-state index in [0.29, 0.717) is 42.2 Å². The maximum Gasteiger partial charge on any atom is 0.269 e. The van der Waals surface area contributed by atoms with E-state index >= 15 is 0 Å². The number of rotatable bonds is 4. The minimum absolute atomic E-state index is 0.0183. The van der Waals surface area contributed by atoms with Gasteiger partial charge in [-0.2, -0.15) is 0 Å². The zero-order valence-corrected chi connectivity index (χ0v) is 14.6. The number of hydrogen-bond acceptors (Lipinski definition) is 6. The van der Waals surface area contributed by atoms with Crippen LogP contribution in [0, 0.1) is 10.1 Å². The van der Waals surface area contributed by atoms with Gasteiger partial charge in [0.05, 0.1) is 41.3 Å². The lowest BCUT2D eigenvalue weighted by Crippen LogP contribution is -2.38. The van der Waals surface area contributed by atoms with Gasteiger partial charge in [0.25, 0.3) is 11.2 Å². The molecule has 0 N–H and O–H groups in total. The second-order valence-electron chi connectivity index (χ2n) is 6.35. The third kappa shape index (κ3) is 3.44. The average Bonchev–Trinajstić information content (AvgIpc) is 2.69. The van der Waals surface area contributed by atoms with Crippen LogP contribution in [-0.4, -0.2) is 45.7 Å². The number of benzene rings is 2. The molecular weight excluding hydrogens is 348 g/mol. The fraction of sp³-hybridized carbons (Fsp3) is 0.263. The Morgan fingerprint density at radius 1 is 1.07 bits per heavy atom. The number of nitrogens with zero attached hydrogens (tertiary/aromatic N) is 4. The second kappa shape index (κ2) is 7.26. The molecule has 1 aromatic heterocycles. The van der Waals surface area contributed by atoms with Gasteiger partial charge in [-0.15, -0.1) is 0 Å². The summed E-state index contributed by atoms with van der Waals surface area (Å²) in [6, 6.07) is 13.2. The predicted molar refractivity (Wildman–Crippen MR) is 100 cm³/mol. The summed E-state index contributed by atoms with van der Waals surface area (Å²) in [7, 11) is 0. The summed E-state index contributed by atoms with van der Waals surface area (Å²) in [5, 5.41) is 11.4. The minimum Gasteiger partial charge on any atom is -0.379 e. The van der Waals surface area contributed by atoms with E-state index in [1.54, 1.807) is 28.8 Å². The van der Waals surface area contributed by atoms with Crippen LogP contribution in [0.2, 0.25) is 0 Å². The van der Waals surface area contributed by atoms with Crippen molar-refractivity contribution >= 4 is 16.6 Å². The highest BCUT2D eigenvalue weighted by Gasteiger charge is 2.18. The van der Waals surface area contributed by atoms with Gasteiger partial charge in [-0.25, -0.2) is 4.98 Å². The van der Waals surface area contributed by atoms with Gasteiger partial charge >= 0.3 is 0 Å². The molecule has 3 aromatic rings. The van der Waals surface area contributed by atoms with Crippen molar-refractivity contribution in [1.29, 1.82) is 0 Å². The molecule has 1 aliphatic rings. The van der Waals surface area contributed by atoms with Crippen molar-refractivity contribution in [2.45, 2.75) is 6.54 Å². The van der Waals surface area contributed by atoms with Crippen molar-refractivity contribution in [2.75, 3.05) is 26.3 Å². The van der Waals surface area contributed by atoms with Gasteiger partial charge in [0, 0.05) is 25.2 Å². The summed E-state index contributed by atoms with van der Waals surface area (Å²) in [6.07, 6.45) is 0. The van der Waals surface area contributed by atoms with Crippen LogP contribution in [0.3, 0.4) is 0 Å². The number of non-ortho nitro benzene ring substituents is 1. The number of fused-ring (bicyclic) bond motifs is 1. The molecule has 2 heterocycles. The molecule has 1 fully saturated rings. The molecule has 2 aromatic carbocycles. The molecule has 27 heavy (non-hydrogen) atoms. The smallest absolute Gasteiger partial charge is 0.269 e. The first-order chi connectivity index (χ1) is 13.1. The van der Waals surface area contributed by atoms with Crippen LogP contribution >= 0.6 is 0 Å². The molecule has 1 saturated heterocycles. The fourth-order valence-electron chi connectivity index (χ4n) is 3.23. The third-order valence-electron chi connectivity index (χ3n) is 4.63. The minimum atomic E-state index is -0.458. The van der Waals surface area contributed by atoms with E-state index < -0.39 is 4.92 Å². The Balaban J connectivity index is 1.85. The van der Waals surface area contributed by atoms with Crippen LogP contribution in [0.15, 0.2) is 53.3 Å². The Morgan fingerprint density at radius 3 is 2.48 bits per heavy atom. The summed E-state index contributed by atoms with van der Waals surface area (Å²) in [4.78, 5) is 30.5. The molecule has 0 atom stereocenters. The van der Waals surface area contributed by atoms with E-state index in [1.165, 1.54) is 12.1 Å². The molecule has 0 aliphatic carbocycles. The van der Waals surface area contributed by atoms with Gasteiger partial charge in [-0.05, 0) is 24.3 Å². The molecule has 8 nitrogen and oxygen atoms in total. The highest BCUT2D eigenvalue weighted by Crippen LogP contribution is 2.18. The van der Waals surface area contributed by atoms with E-state index in [9.17, 15) is 14.9 Å². The van der Waals surface area contributed by atoms with E-state index in [1.807, 2.05) is 12.1 Å². The van der Waals surface area contributed by atoms with Crippen LogP contribution < -0.4 is 5.56 Å². The van der Waals surface area contributed by atoms with Gasteiger partial charge in [0.2, 0.25) is 0 Å². The lowest BCUT2D eigenvalue weighted by Gasteiger charge is -2.27. The topological polar surface area (TPSA) is 90.5 Å². The Hall–Kier alpha value is -3.10. The summed E-state index contributed by atoms with van der Waals surface area (Å²) < 4.78 is 6.93. The molecule has 0 saturated carbocycles. The van der Waals surface area contributed by atoms with Crippen molar-refractivity contribution in [3.63, 3.8) is 0 Å². The Labute approximate surface area is 154 Å². The van der Waals surface area contributed by atoms with Gasteiger partial charge in [0.15, 0.2) is 0 Å². The number of hydrogen-bond donors (Lipinski definition) is 0. The molecule has 0 bridgehead atoms. The zero-order chi connectivity index (χ0) is 18.8. The quantitative estimate of drug-likeness (QED) is 0.519. The van der Waals surface area contributed by atoms with Gasteiger partial charge < -0.3 is 4.74 Å². The maximum absolute atomic E-state index is 13.2. The highest BCUT2D eigenvalue weighted by atomic mass is 16.6. The van der Waals surface area contributed by atoms with Crippen LogP contribution in [0.4, 0.5) is 5.69 Å². The molecule has 0 radical (unpaired) electrons. The Bertz CT molecular complexity index is 1040. The molecular formula is C19H18N4O4. The number of aromatic nitrogens is 2. The lowest BCUT2D eigenvalue weighted by molar-refractivity contribution is -0.384. The Kier molecular flexibility index (Phi) is 4.66. The van der Waals surface area contributed by atoms with E-state index in [2.05, 4.69) is 4.90 Å². The largest absolute Gasteiger partial charge is 0.379 e. The summed E-state index contributed by atoms with van der Waals surface area (Å²) in [6.45, 7) is 3.33. The van der Waals surface area contributed by atoms with Crippen LogP contribution in [0.1, 0.15) is 5.82 Å². The molecule has 4 rings (SSSR count). The average molecular weight is 366 g/mol. The van der Waals surface area contributed by atoms with Crippen LogP contribution in [0.25, 0.3) is 16.6 Å². The summed E-state index contributed by atoms with van der Waals surface area (Å²) in [5.74, 6) is 0.606. The van der Waals surface area contributed by atoms with Crippen LogP contribution in [0.5, 0.6) is 0 Å². The number of ether oxygens (including phenoxy) is 1. The fourth-order valence-corrected chi connectivity index (χ4v) is 3.23. The van der Waals surface area contributed by atoms with Crippen molar-refractivity contribution in [3.05, 3.63) is 74.8 Å². The first-order valence-electron chi connectivity index (χ1n) is 8.69. The number of nitro benzene ring substituents is 1. The summed E-state index contributed by atoms with van der Waals surface area (Å²) in [5.41, 5.74) is 1.00. The second-order valence-corrected chi connectivity index (χ2v) is 6.35. The predicted octanol–water partition coefficient (Wildman–Crippen LogP) is 2.13. The standard InChI is InChI=1S/C19H18N4O4/c24-19-16-3-1-2-4-17(16)20-18(13-21-9-11-27-12-10-21)22(19)14-5-7-15(8-6-14)23(25)26/h1-8H,9-13H2. The van der Waals surface area contributed by atoms with Gasteiger partial charge in [-0.1, -0.05) is 12.1 Å². The molecule has 0 spiro atoms. The van der Waals surface area contributed by atoms with E-state index in [4.69, 9.17) is 9.72 Å².